The molecule has 0 aromatic heterocycles. The molecule has 6 heteroatoms. The summed E-state index contributed by atoms with van der Waals surface area (Å²) < 4.78 is 5.14. The summed E-state index contributed by atoms with van der Waals surface area (Å²) in [5.74, 6) is 0.517. The van der Waals surface area contributed by atoms with Crippen LogP contribution in [0.5, 0.6) is 5.75 Å². The minimum absolute atomic E-state index is 0.0310. The van der Waals surface area contributed by atoms with Crippen molar-refractivity contribution in [2.75, 3.05) is 26.7 Å². The monoisotopic (exact) mass is 347 g/mol. The molecule has 0 saturated carbocycles. The fraction of sp³-hybridized carbons (Fsp3) is 0.579. The fourth-order valence-electron chi connectivity index (χ4n) is 2.82. The Morgan fingerprint density at radius 2 is 1.92 bits per heavy atom. The molecular weight excluding hydrogens is 318 g/mol. The van der Waals surface area contributed by atoms with Gasteiger partial charge in [-0.25, -0.2) is 0 Å². The van der Waals surface area contributed by atoms with Crippen LogP contribution < -0.4 is 15.4 Å². The number of likely N-dealkylation sites (tertiary alicyclic amines) is 1. The summed E-state index contributed by atoms with van der Waals surface area (Å²) >= 11 is 0. The molecule has 1 aromatic rings. The summed E-state index contributed by atoms with van der Waals surface area (Å²) in [4.78, 5) is 26.2. The van der Waals surface area contributed by atoms with Crippen molar-refractivity contribution in [1.29, 1.82) is 0 Å². The Kier molecular flexibility index (Phi) is 6.42. The van der Waals surface area contributed by atoms with Crippen molar-refractivity contribution in [3.63, 3.8) is 0 Å². The highest BCUT2D eigenvalue weighted by Crippen LogP contribution is 2.21. The lowest BCUT2D eigenvalue weighted by Crippen LogP contribution is -2.42. The van der Waals surface area contributed by atoms with Gasteiger partial charge < -0.3 is 20.3 Å². The van der Waals surface area contributed by atoms with E-state index in [0.29, 0.717) is 26.2 Å². The van der Waals surface area contributed by atoms with Crippen LogP contribution >= 0.6 is 0 Å². The van der Waals surface area contributed by atoms with Crippen LogP contribution in [0.3, 0.4) is 0 Å². The third-order valence-electron chi connectivity index (χ3n) is 4.20. The third-order valence-corrected chi connectivity index (χ3v) is 4.20. The second-order valence-electron chi connectivity index (χ2n) is 7.49. The molecule has 1 fully saturated rings. The number of nitrogens with one attached hydrogen (secondary N) is 2. The molecule has 1 aliphatic rings. The summed E-state index contributed by atoms with van der Waals surface area (Å²) in [6.07, 6.45) is 0.286. The second kappa shape index (κ2) is 8.34. The lowest BCUT2D eigenvalue weighted by molar-refractivity contribution is -0.129. The second-order valence-corrected chi connectivity index (χ2v) is 7.49. The van der Waals surface area contributed by atoms with Gasteiger partial charge in [0, 0.05) is 38.1 Å². The van der Waals surface area contributed by atoms with Crippen LogP contribution in [-0.4, -0.2) is 49.0 Å². The first kappa shape index (κ1) is 19.2. The minimum atomic E-state index is -0.264. The van der Waals surface area contributed by atoms with Crippen molar-refractivity contribution in [2.45, 2.75) is 39.3 Å². The quantitative estimate of drug-likeness (QED) is 0.734. The number of hydrogen-bond donors (Lipinski definition) is 2. The first-order valence-corrected chi connectivity index (χ1v) is 8.72. The summed E-state index contributed by atoms with van der Waals surface area (Å²) in [6.45, 7) is 8.54. The van der Waals surface area contributed by atoms with Crippen molar-refractivity contribution in [3.8, 4) is 5.75 Å². The van der Waals surface area contributed by atoms with Crippen LogP contribution in [0.25, 0.3) is 0 Å². The Labute approximate surface area is 149 Å². The molecule has 1 saturated heterocycles. The van der Waals surface area contributed by atoms with Gasteiger partial charge in [0.15, 0.2) is 0 Å². The smallest absolute Gasteiger partial charge is 0.225 e. The average Bonchev–Trinajstić information content (AvgIpc) is 2.92. The minimum Gasteiger partial charge on any atom is -0.497 e. The summed E-state index contributed by atoms with van der Waals surface area (Å²) in [5, 5.41) is 6.25. The number of amides is 2. The molecule has 138 valence electrons. The largest absolute Gasteiger partial charge is 0.497 e. The van der Waals surface area contributed by atoms with E-state index in [1.165, 1.54) is 0 Å². The van der Waals surface area contributed by atoms with Gasteiger partial charge in [-0.05, 0) is 38.5 Å². The van der Waals surface area contributed by atoms with E-state index in [4.69, 9.17) is 4.74 Å². The van der Waals surface area contributed by atoms with E-state index < -0.39 is 0 Å². The highest BCUT2D eigenvalue weighted by atomic mass is 16.5. The summed E-state index contributed by atoms with van der Waals surface area (Å²) in [7, 11) is 1.62. The number of carbonyl (C=O) groups is 2. The molecule has 1 aromatic carbocycles. The van der Waals surface area contributed by atoms with E-state index in [9.17, 15) is 9.59 Å². The molecule has 1 unspecified atom stereocenters. The molecule has 1 aliphatic heterocycles. The predicted octanol–water partition coefficient (Wildman–Crippen LogP) is 1.55. The maximum absolute atomic E-state index is 12.3. The van der Waals surface area contributed by atoms with E-state index in [0.717, 1.165) is 11.3 Å². The molecule has 0 aliphatic carbocycles. The van der Waals surface area contributed by atoms with Crippen molar-refractivity contribution < 1.29 is 14.3 Å². The topological polar surface area (TPSA) is 70.7 Å². The van der Waals surface area contributed by atoms with E-state index in [2.05, 4.69) is 31.4 Å². The van der Waals surface area contributed by atoms with Crippen LogP contribution in [0.1, 0.15) is 32.8 Å². The van der Waals surface area contributed by atoms with Gasteiger partial charge in [-0.3, -0.25) is 9.59 Å². The van der Waals surface area contributed by atoms with Gasteiger partial charge in [-0.15, -0.1) is 0 Å². The van der Waals surface area contributed by atoms with Gasteiger partial charge in [0.2, 0.25) is 11.8 Å². The zero-order valence-corrected chi connectivity index (χ0v) is 15.6. The van der Waals surface area contributed by atoms with E-state index in [1.54, 1.807) is 12.0 Å². The maximum atomic E-state index is 12.3. The van der Waals surface area contributed by atoms with Gasteiger partial charge in [-0.1, -0.05) is 12.1 Å². The number of carbonyl (C=O) groups excluding carboxylic acids is 2. The Hall–Kier alpha value is -2.08. The summed E-state index contributed by atoms with van der Waals surface area (Å²) in [6, 6.07) is 7.64. The zero-order chi connectivity index (χ0) is 18.4. The van der Waals surface area contributed by atoms with Gasteiger partial charge >= 0.3 is 0 Å². The molecule has 0 spiro atoms. The average molecular weight is 347 g/mol. The van der Waals surface area contributed by atoms with Crippen molar-refractivity contribution in [3.05, 3.63) is 29.8 Å². The number of ether oxygens (including phenoxy) is 1. The molecule has 6 nitrogen and oxygen atoms in total. The van der Waals surface area contributed by atoms with Crippen LogP contribution in [0.2, 0.25) is 0 Å². The highest BCUT2D eigenvalue weighted by Gasteiger charge is 2.34. The first-order valence-electron chi connectivity index (χ1n) is 8.72. The molecule has 2 amide bonds. The van der Waals surface area contributed by atoms with Gasteiger partial charge in [0.25, 0.3) is 0 Å². The SMILES string of the molecule is COc1ccc(CN2CC(C(=O)NCCNC(C)(C)C)CC2=O)cc1. The van der Waals surface area contributed by atoms with Gasteiger partial charge in [0.05, 0.1) is 13.0 Å². The maximum Gasteiger partial charge on any atom is 0.225 e. The Morgan fingerprint density at radius 3 is 2.52 bits per heavy atom. The van der Waals surface area contributed by atoms with Crippen LogP contribution in [0.15, 0.2) is 24.3 Å². The number of nitrogens with zero attached hydrogens (tertiary/aromatic N) is 1. The molecule has 25 heavy (non-hydrogen) atoms. The van der Waals surface area contributed by atoms with Crippen molar-refractivity contribution in [2.24, 2.45) is 5.92 Å². The van der Waals surface area contributed by atoms with Crippen LogP contribution in [0.4, 0.5) is 0 Å². The van der Waals surface area contributed by atoms with Gasteiger partial charge in [0.1, 0.15) is 5.75 Å². The number of benzene rings is 1. The van der Waals surface area contributed by atoms with E-state index in [-0.39, 0.29) is 29.7 Å². The lowest BCUT2D eigenvalue weighted by Gasteiger charge is -2.21. The molecular formula is C19H29N3O3. The Morgan fingerprint density at radius 1 is 1.24 bits per heavy atom. The number of hydrogen-bond acceptors (Lipinski definition) is 4. The van der Waals surface area contributed by atoms with E-state index >= 15 is 0 Å². The fourth-order valence-corrected chi connectivity index (χ4v) is 2.82. The number of rotatable bonds is 7. The zero-order valence-electron chi connectivity index (χ0n) is 15.6. The summed E-state index contributed by atoms with van der Waals surface area (Å²) in [5.41, 5.74) is 1.06. The first-order chi connectivity index (χ1) is 11.8. The Balaban J connectivity index is 1.79. The van der Waals surface area contributed by atoms with Crippen LogP contribution in [-0.2, 0) is 16.1 Å². The molecule has 0 bridgehead atoms. The third kappa shape index (κ3) is 6.05. The standard InChI is InChI=1S/C19H29N3O3/c1-19(2,3)21-10-9-20-18(24)15-11-17(23)22(13-15)12-14-5-7-16(25-4)8-6-14/h5-8,15,21H,9-13H2,1-4H3,(H,20,24). The highest BCUT2D eigenvalue weighted by molar-refractivity contribution is 5.89. The molecule has 2 N–H and O–H groups in total. The normalized spacial score (nSPS) is 17.7. The molecule has 0 radical (unpaired) electrons. The Bertz CT molecular complexity index is 593. The predicted molar refractivity (Wildman–Crippen MR) is 97.3 cm³/mol. The molecule has 1 atom stereocenters. The van der Waals surface area contributed by atoms with Crippen molar-refractivity contribution in [1.82, 2.24) is 15.5 Å². The molecule has 1 heterocycles. The van der Waals surface area contributed by atoms with Crippen LogP contribution in [0, 0.1) is 5.92 Å². The van der Waals surface area contributed by atoms with Gasteiger partial charge in [-0.2, -0.15) is 0 Å². The van der Waals surface area contributed by atoms with E-state index in [1.807, 2.05) is 24.3 Å². The van der Waals surface area contributed by atoms with Crippen molar-refractivity contribution >= 4 is 11.8 Å². The lowest BCUT2D eigenvalue weighted by atomic mass is 10.1. The number of methoxy groups -OCH3 is 1. The molecule has 2 rings (SSSR count).